The number of primary amides is 1. The molecule has 174 valence electrons. The van der Waals surface area contributed by atoms with Crippen molar-refractivity contribution in [3.63, 3.8) is 0 Å². The van der Waals surface area contributed by atoms with E-state index in [0.29, 0.717) is 24.5 Å². The van der Waals surface area contributed by atoms with Crippen molar-refractivity contribution in [1.29, 1.82) is 0 Å². The molecule has 0 saturated carbocycles. The number of rotatable bonds is 11. The van der Waals surface area contributed by atoms with Gasteiger partial charge in [0, 0.05) is 18.8 Å². The van der Waals surface area contributed by atoms with E-state index in [1.807, 2.05) is 13.8 Å². The second-order valence-electron chi connectivity index (χ2n) is 6.59. The number of ether oxygens (including phenoxy) is 1. The predicted molar refractivity (Wildman–Crippen MR) is 125 cm³/mol. The first-order valence-electron chi connectivity index (χ1n) is 10.1. The van der Waals surface area contributed by atoms with Crippen LogP contribution >= 0.6 is 23.1 Å². The zero-order valence-corrected chi connectivity index (χ0v) is 19.8. The highest BCUT2D eigenvalue weighted by atomic mass is 32.2. The van der Waals surface area contributed by atoms with Gasteiger partial charge < -0.3 is 26.0 Å². The maximum atomic E-state index is 12.6. The molecule has 1 aromatic heterocycles. The highest BCUT2D eigenvalue weighted by Gasteiger charge is 2.24. The normalized spacial score (nSPS) is 11.6. The van der Waals surface area contributed by atoms with E-state index in [2.05, 4.69) is 15.6 Å². The minimum absolute atomic E-state index is 0.0572. The van der Waals surface area contributed by atoms with Crippen molar-refractivity contribution in [3.05, 3.63) is 18.2 Å². The summed E-state index contributed by atoms with van der Waals surface area (Å²) in [6, 6.07) is 3.99. The molecule has 4 amide bonds. The van der Waals surface area contributed by atoms with Crippen molar-refractivity contribution in [2.45, 2.75) is 37.6 Å². The fourth-order valence-electron chi connectivity index (χ4n) is 2.79. The fraction of sp³-hybridized carbons (Fsp3) is 0.450. The first-order valence-corrected chi connectivity index (χ1v) is 11.9. The van der Waals surface area contributed by atoms with Gasteiger partial charge in [-0.2, -0.15) is 0 Å². The van der Waals surface area contributed by atoms with E-state index < -0.39 is 23.9 Å². The topological polar surface area (TPSA) is 144 Å². The Bertz CT molecular complexity index is 976. The fourth-order valence-corrected chi connectivity index (χ4v) is 4.80. The van der Waals surface area contributed by atoms with Gasteiger partial charge in [0.05, 0.1) is 29.0 Å². The molecule has 2 rings (SSSR count). The van der Waals surface area contributed by atoms with Crippen LogP contribution < -0.4 is 16.4 Å². The van der Waals surface area contributed by atoms with Gasteiger partial charge in [-0.3, -0.25) is 14.4 Å². The Morgan fingerprint density at radius 2 is 1.94 bits per heavy atom. The van der Waals surface area contributed by atoms with E-state index in [-0.39, 0.29) is 18.9 Å². The molecule has 0 spiro atoms. The summed E-state index contributed by atoms with van der Waals surface area (Å²) in [7, 11) is 0. The highest BCUT2D eigenvalue weighted by molar-refractivity contribution is 8.01. The van der Waals surface area contributed by atoms with Crippen molar-refractivity contribution < 1.29 is 23.9 Å². The third-order valence-corrected chi connectivity index (χ3v) is 6.51. The van der Waals surface area contributed by atoms with Crippen molar-refractivity contribution in [2.75, 3.05) is 30.8 Å². The van der Waals surface area contributed by atoms with Gasteiger partial charge in [0.25, 0.3) is 0 Å². The summed E-state index contributed by atoms with van der Waals surface area (Å²) in [6.45, 7) is 6.96. The second-order valence-corrected chi connectivity index (χ2v) is 8.85. The van der Waals surface area contributed by atoms with Crippen LogP contribution in [-0.2, 0) is 19.1 Å². The van der Waals surface area contributed by atoms with E-state index >= 15 is 0 Å². The average molecular weight is 482 g/mol. The third-order valence-electron chi connectivity index (χ3n) is 4.36. The number of anilines is 1. The summed E-state index contributed by atoms with van der Waals surface area (Å²) in [6.07, 6.45) is -1.18. The number of thioether (sulfide) groups is 1. The number of carbonyl (C=O) groups excluding carboxylic acids is 4. The van der Waals surface area contributed by atoms with E-state index in [9.17, 15) is 19.2 Å². The number of nitrogens with zero attached hydrogens (tertiary/aromatic N) is 2. The number of aromatic nitrogens is 1. The maximum absolute atomic E-state index is 12.6. The number of benzene rings is 1. The van der Waals surface area contributed by atoms with Crippen molar-refractivity contribution in [3.8, 4) is 0 Å². The Kier molecular flexibility index (Phi) is 9.72. The molecule has 2 aromatic rings. The molecule has 1 unspecified atom stereocenters. The number of hydrogen-bond donors (Lipinski definition) is 3. The number of hydrogen-bond acceptors (Lipinski definition) is 8. The van der Waals surface area contributed by atoms with Gasteiger partial charge in [-0.15, -0.1) is 11.3 Å². The van der Waals surface area contributed by atoms with Crippen LogP contribution in [0.4, 0.5) is 10.5 Å². The molecule has 1 atom stereocenters. The molecule has 0 aliphatic heterocycles. The predicted octanol–water partition coefficient (Wildman–Crippen LogP) is 2.19. The van der Waals surface area contributed by atoms with Crippen LogP contribution in [0.25, 0.3) is 10.2 Å². The Hall–Kier alpha value is -2.86. The Morgan fingerprint density at radius 1 is 1.22 bits per heavy atom. The van der Waals surface area contributed by atoms with Gasteiger partial charge in [-0.05, 0) is 39.0 Å². The number of nitrogens with one attached hydrogen (secondary N) is 2. The van der Waals surface area contributed by atoms with Gasteiger partial charge in [0.1, 0.15) is 6.04 Å². The van der Waals surface area contributed by atoms with Crippen molar-refractivity contribution >= 4 is 62.8 Å². The van der Waals surface area contributed by atoms with E-state index in [4.69, 9.17) is 10.5 Å². The summed E-state index contributed by atoms with van der Waals surface area (Å²) >= 11 is 2.78. The standard InChI is InChI=1S/C20H27N5O5S2/c1-4-25(5-2)17(27)11-31-20-24-13-8-7-12(9-15(13)32-20)22-18(28)14(10-16(21)26)23-19(29)30-6-3/h7-9,14H,4-6,10-11H2,1-3H3,(H2,21,26)(H,22,28)(H,23,29). The number of carbonyl (C=O) groups is 4. The first kappa shape index (κ1) is 25.4. The van der Waals surface area contributed by atoms with Gasteiger partial charge in [-0.25, -0.2) is 9.78 Å². The largest absolute Gasteiger partial charge is 0.450 e. The molecule has 0 bridgehead atoms. The number of fused-ring (bicyclic) bond motifs is 1. The molecule has 0 fully saturated rings. The maximum Gasteiger partial charge on any atom is 0.407 e. The summed E-state index contributed by atoms with van der Waals surface area (Å²) in [4.78, 5) is 54.0. The Balaban J connectivity index is 2.07. The SMILES string of the molecule is CCOC(=O)NC(CC(N)=O)C(=O)Nc1ccc2nc(SCC(=O)N(CC)CC)sc2c1. The summed E-state index contributed by atoms with van der Waals surface area (Å²) in [5.74, 6) is -0.970. The first-order chi connectivity index (χ1) is 15.3. The number of amides is 4. The number of alkyl carbamates (subject to hydrolysis) is 1. The molecule has 10 nitrogen and oxygen atoms in total. The minimum atomic E-state index is -1.17. The Labute approximate surface area is 194 Å². The molecule has 0 radical (unpaired) electrons. The van der Waals surface area contributed by atoms with Crippen molar-refractivity contribution in [2.24, 2.45) is 5.73 Å². The molecule has 0 saturated heterocycles. The van der Waals surface area contributed by atoms with Crippen LogP contribution in [0.3, 0.4) is 0 Å². The van der Waals surface area contributed by atoms with Crippen LogP contribution in [0.15, 0.2) is 22.5 Å². The van der Waals surface area contributed by atoms with Gasteiger partial charge in [-0.1, -0.05) is 11.8 Å². The van der Waals surface area contributed by atoms with Crippen LogP contribution in [0, 0.1) is 0 Å². The molecule has 0 aliphatic carbocycles. The monoisotopic (exact) mass is 481 g/mol. The van der Waals surface area contributed by atoms with Gasteiger partial charge >= 0.3 is 6.09 Å². The van der Waals surface area contributed by atoms with Gasteiger partial charge in [0.2, 0.25) is 17.7 Å². The van der Waals surface area contributed by atoms with Crippen LogP contribution in [0.5, 0.6) is 0 Å². The zero-order chi connectivity index (χ0) is 23.7. The quantitative estimate of drug-likeness (QED) is 0.417. The van der Waals surface area contributed by atoms with E-state index in [0.717, 1.165) is 14.6 Å². The second kappa shape index (κ2) is 12.2. The zero-order valence-electron chi connectivity index (χ0n) is 18.2. The molecule has 32 heavy (non-hydrogen) atoms. The lowest BCUT2D eigenvalue weighted by Crippen LogP contribution is -2.46. The molecule has 1 heterocycles. The van der Waals surface area contributed by atoms with Crippen molar-refractivity contribution in [1.82, 2.24) is 15.2 Å². The van der Waals surface area contributed by atoms with Crippen LogP contribution in [0.2, 0.25) is 0 Å². The van der Waals surface area contributed by atoms with Crippen LogP contribution in [-0.4, -0.2) is 65.2 Å². The smallest absolute Gasteiger partial charge is 0.407 e. The molecular weight excluding hydrogens is 454 g/mol. The van der Waals surface area contributed by atoms with E-state index in [1.165, 1.54) is 23.1 Å². The lowest BCUT2D eigenvalue weighted by atomic mass is 10.2. The molecule has 12 heteroatoms. The highest BCUT2D eigenvalue weighted by Crippen LogP contribution is 2.31. The van der Waals surface area contributed by atoms with Crippen LogP contribution in [0.1, 0.15) is 27.2 Å². The number of nitrogens with two attached hydrogens (primary N) is 1. The summed E-state index contributed by atoms with van der Waals surface area (Å²) < 4.78 is 6.34. The van der Waals surface area contributed by atoms with Gasteiger partial charge in [0.15, 0.2) is 4.34 Å². The minimum Gasteiger partial charge on any atom is -0.450 e. The molecule has 4 N–H and O–H groups in total. The summed E-state index contributed by atoms with van der Waals surface area (Å²) in [5.41, 5.74) is 6.40. The summed E-state index contributed by atoms with van der Waals surface area (Å²) in [5, 5.41) is 5.00. The molecular formula is C20H27N5O5S2. The average Bonchev–Trinajstić information content (AvgIpc) is 3.14. The Morgan fingerprint density at radius 3 is 2.56 bits per heavy atom. The lowest BCUT2D eigenvalue weighted by molar-refractivity contribution is -0.128. The lowest BCUT2D eigenvalue weighted by Gasteiger charge is -2.17. The van der Waals surface area contributed by atoms with E-state index in [1.54, 1.807) is 30.0 Å². The third kappa shape index (κ3) is 7.38. The molecule has 0 aliphatic rings. The number of thiazole rings is 1. The molecule has 1 aromatic carbocycles.